The van der Waals surface area contributed by atoms with Crippen molar-refractivity contribution >= 4 is 46.4 Å². The highest BCUT2D eigenvalue weighted by molar-refractivity contribution is 6.31. The number of hydrogen-bond donors (Lipinski definition) is 2. The molecule has 0 fully saturated rings. The molecule has 0 aromatic heterocycles. The number of anilines is 1. The summed E-state index contributed by atoms with van der Waals surface area (Å²) >= 11 is 11.3. The van der Waals surface area contributed by atoms with Crippen LogP contribution in [0.3, 0.4) is 0 Å². The van der Waals surface area contributed by atoms with E-state index in [9.17, 15) is 22.8 Å². The summed E-state index contributed by atoms with van der Waals surface area (Å²) in [6.45, 7) is 1.17. The molecule has 0 aliphatic rings. The molecule has 0 radical (unpaired) electrons. The molecular weight excluding hydrogens is 446 g/mol. The van der Waals surface area contributed by atoms with E-state index in [2.05, 4.69) is 15.8 Å². The van der Waals surface area contributed by atoms with Crippen molar-refractivity contribution in [1.29, 1.82) is 0 Å². The molecule has 0 unspecified atom stereocenters. The van der Waals surface area contributed by atoms with Crippen molar-refractivity contribution < 1.29 is 27.5 Å². The van der Waals surface area contributed by atoms with Gasteiger partial charge in [-0.2, -0.15) is 18.3 Å². The first-order chi connectivity index (χ1) is 14.0. The van der Waals surface area contributed by atoms with E-state index in [1.165, 1.54) is 13.0 Å². The molecule has 2 aromatic carbocycles. The van der Waals surface area contributed by atoms with Gasteiger partial charge in [0.1, 0.15) is 5.75 Å². The van der Waals surface area contributed by atoms with Gasteiger partial charge in [0.05, 0.1) is 17.0 Å². The Bertz CT molecular complexity index is 948. The molecule has 2 N–H and O–H groups in total. The summed E-state index contributed by atoms with van der Waals surface area (Å²) < 4.78 is 43.8. The van der Waals surface area contributed by atoms with Gasteiger partial charge in [0.15, 0.2) is 6.61 Å². The van der Waals surface area contributed by atoms with Crippen molar-refractivity contribution in [3.05, 3.63) is 58.1 Å². The van der Waals surface area contributed by atoms with Gasteiger partial charge in [-0.3, -0.25) is 9.59 Å². The number of ether oxygens (including phenoxy) is 1. The van der Waals surface area contributed by atoms with Crippen molar-refractivity contribution in [2.75, 3.05) is 11.9 Å². The van der Waals surface area contributed by atoms with Crippen LogP contribution >= 0.6 is 23.2 Å². The van der Waals surface area contributed by atoms with Crippen molar-refractivity contribution in [3.63, 3.8) is 0 Å². The monoisotopic (exact) mass is 461 g/mol. The second-order valence-electron chi connectivity index (χ2n) is 6.04. The van der Waals surface area contributed by atoms with Gasteiger partial charge < -0.3 is 10.1 Å². The van der Waals surface area contributed by atoms with Crippen LogP contribution in [-0.4, -0.2) is 24.1 Å². The van der Waals surface area contributed by atoms with Crippen LogP contribution in [0.25, 0.3) is 0 Å². The molecule has 2 amide bonds. The molecule has 0 saturated heterocycles. The van der Waals surface area contributed by atoms with Crippen LogP contribution in [-0.2, 0) is 15.8 Å². The summed E-state index contributed by atoms with van der Waals surface area (Å²) in [5, 5.41) is 6.14. The lowest BCUT2D eigenvalue weighted by Crippen LogP contribution is -2.26. The van der Waals surface area contributed by atoms with Crippen LogP contribution in [0.1, 0.15) is 18.9 Å². The smallest absolute Gasteiger partial charge is 0.417 e. The Morgan fingerprint density at radius 3 is 2.37 bits per heavy atom. The fraction of sp³-hybridized carbons (Fsp3) is 0.211. The Hall–Kier alpha value is -2.78. The number of carbonyl (C=O) groups excluding carboxylic acids is 2. The maximum Gasteiger partial charge on any atom is 0.417 e. The zero-order valence-electron chi connectivity index (χ0n) is 15.5. The topological polar surface area (TPSA) is 79.8 Å². The summed E-state index contributed by atoms with van der Waals surface area (Å²) in [5.74, 6) is -0.730. The lowest BCUT2D eigenvalue weighted by Gasteiger charge is -2.11. The van der Waals surface area contributed by atoms with E-state index in [-0.39, 0.29) is 24.4 Å². The van der Waals surface area contributed by atoms with Crippen molar-refractivity contribution in [2.24, 2.45) is 5.10 Å². The Balaban J connectivity index is 1.84. The third-order valence-electron chi connectivity index (χ3n) is 3.53. The predicted molar refractivity (Wildman–Crippen MR) is 108 cm³/mol. The number of hydrogen-bond acceptors (Lipinski definition) is 4. The normalized spacial score (nSPS) is 11.7. The van der Waals surface area contributed by atoms with Gasteiger partial charge in [0.2, 0.25) is 5.91 Å². The van der Waals surface area contributed by atoms with E-state index in [1.54, 1.807) is 24.3 Å². The maximum absolute atomic E-state index is 12.9. The number of nitrogens with one attached hydrogen (secondary N) is 2. The fourth-order valence-electron chi connectivity index (χ4n) is 2.17. The second kappa shape index (κ2) is 10.3. The highest BCUT2D eigenvalue weighted by atomic mass is 35.5. The van der Waals surface area contributed by atoms with E-state index in [0.29, 0.717) is 10.8 Å². The van der Waals surface area contributed by atoms with Crippen LogP contribution < -0.4 is 15.5 Å². The zero-order chi connectivity index (χ0) is 22.3. The molecule has 160 valence electrons. The first-order valence-corrected chi connectivity index (χ1v) is 9.17. The van der Waals surface area contributed by atoms with Gasteiger partial charge in [-0.15, -0.1) is 0 Å². The average Bonchev–Trinajstić information content (AvgIpc) is 2.66. The number of amides is 2. The van der Waals surface area contributed by atoms with E-state index in [1.807, 2.05) is 0 Å². The zero-order valence-corrected chi connectivity index (χ0v) is 17.0. The minimum Gasteiger partial charge on any atom is -0.484 e. The van der Waals surface area contributed by atoms with Crippen molar-refractivity contribution in [3.8, 4) is 5.75 Å². The Labute approximate surface area is 180 Å². The highest BCUT2D eigenvalue weighted by Crippen LogP contribution is 2.36. The van der Waals surface area contributed by atoms with Crippen molar-refractivity contribution in [2.45, 2.75) is 19.5 Å². The second-order valence-corrected chi connectivity index (χ2v) is 6.89. The average molecular weight is 462 g/mol. The molecule has 30 heavy (non-hydrogen) atoms. The van der Waals surface area contributed by atoms with E-state index in [0.717, 1.165) is 12.1 Å². The first-order valence-electron chi connectivity index (χ1n) is 8.41. The number of carbonyl (C=O) groups is 2. The molecule has 0 atom stereocenters. The van der Waals surface area contributed by atoms with Crippen LogP contribution in [0.4, 0.5) is 18.9 Å². The van der Waals surface area contributed by atoms with Crippen molar-refractivity contribution in [1.82, 2.24) is 5.43 Å². The summed E-state index contributed by atoms with van der Waals surface area (Å²) in [5.41, 5.74) is 1.34. The van der Waals surface area contributed by atoms with E-state index < -0.39 is 28.6 Å². The predicted octanol–water partition coefficient (Wildman–Crippen LogP) is 4.91. The number of benzene rings is 2. The lowest BCUT2D eigenvalue weighted by atomic mass is 10.2. The quantitative estimate of drug-likeness (QED) is 0.453. The molecule has 11 heteroatoms. The minimum absolute atomic E-state index is 0.0649. The third kappa shape index (κ3) is 7.57. The molecule has 0 saturated carbocycles. The standard InChI is InChI=1S/C19H16Cl2F3N3O3/c1-11(26-27-18(29)10-30-14-5-2-12(20)3-6-14)8-17(28)25-13-4-7-16(21)15(9-13)19(22,23)24/h2-7,9H,8,10H2,1H3,(H,25,28)(H,27,29)/b26-11+. The summed E-state index contributed by atoms with van der Waals surface area (Å²) in [6, 6.07) is 9.43. The largest absolute Gasteiger partial charge is 0.484 e. The molecule has 0 aliphatic heterocycles. The van der Waals surface area contributed by atoms with Gasteiger partial charge in [-0.1, -0.05) is 23.2 Å². The van der Waals surface area contributed by atoms with Crippen LogP contribution in [0.2, 0.25) is 10.0 Å². The Morgan fingerprint density at radius 1 is 1.07 bits per heavy atom. The van der Waals surface area contributed by atoms with Gasteiger partial charge in [0.25, 0.3) is 5.91 Å². The molecule has 0 spiro atoms. The van der Waals surface area contributed by atoms with Crippen LogP contribution in [0.5, 0.6) is 5.75 Å². The van der Waals surface area contributed by atoms with Gasteiger partial charge >= 0.3 is 6.18 Å². The molecule has 0 heterocycles. The number of alkyl halides is 3. The van der Waals surface area contributed by atoms with Gasteiger partial charge in [-0.05, 0) is 49.4 Å². The SMILES string of the molecule is C/C(CC(=O)Nc1ccc(Cl)c(C(F)(F)F)c1)=N\NC(=O)COc1ccc(Cl)cc1. The molecule has 6 nitrogen and oxygen atoms in total. The molecule has 0 aliphatic carbocycles. The maximum atomic E-state index is 12.9. The number of rotatable bonds is 7. The lowest BCUT2D eigenvalue weighted by molar-refractivity contribution is -0.137. The Kier molecular flexibility index (Phi) is 8.08. The molecule has 2 aromatic rings. The van der Waals surface area contributed by atoms with E-state index >= 15 is 0 Å². The summed E-state index contributed by atoms with van der Waals surface area (Å²) in [6.07, 6.45) is -4.89. The summed E-state index contributed by atoms with van der Waals surface area (Å²) in [7, 11) is 0. The first kappa shape index (κ1) is 23.5. The van der Waals surface area contributed by atoms with E-state index in [4.69, 9.17) is 27.9 Å². The van der Waals surface area contributed by atoms with Crippen LogP contribution in [0, 0.1) is 0 Å². The highest BCUT2D eigenvalue weighted by Gasteiger charge is 2.33. The number of nitrogens with zero attached hydrogens (tertiary/aromatic N) is 1. The third-order valence-corrected chi connectivity index (χ3v) is 4.11. The molecule has 2 rings (SSSR count). The van der Waals surface area contributed by atoms with Crippen LogP contribution in [0.15, 0.2) is 47.6 Å². The molecule has 0 bridgehead atoms. The molecular formula is C19H16Cl2F3N3O3. The fourth-order valence-corrected chi connectivity index (χ4v) is 2.52. The summed E-state index contributed by atoms with van der Waals surface area (Å²) in [4.78, 5) is 23.7. The minimum atomic E-state index is -4.65. The number of hydrazone groups is 1. The van der Waals surface area contributed by atoms with Gasteiger partial charge in [0, 0.05) is 16.4 Å². The van der Waals surface area contributed by atoms with Gasteiger partial charge in [-0.25, -0.2) is 5.43 Å². The Morgan fingerprint density at radius 2 is 1.73 bits per heavy atom. The number of halogens is 5.